The van der Waals surface area contributed by atoms with Crippen LogP contribution in [-0.4, -0.2) is 12.6 Å². The molecule has 0 N–H and O–H groups in total. The number of ether oxygens (including phenoxy) is 1. The number of rotatable bonds is 10. The maximum absolute atomic E-state index is 12.0. The fraction of sp³-hybridized carbons (Fsp3) is 0.444. The molecule has 0 amide bonds. The van der Waals surface area contributed by atoms with Gasteiger partial charge in [-0.2, -0.15) is 0 Å². The molecule has 0 heterocycles. The number of hydrogen-bond acceptors (Lipinski definition) is 2. The van der Waals surface area contributed by atoms with Crippen molar-refractivity contribution in [2.24, 2.45) is 0 Å². The molecule has 0 atom stereocenters. The second-order valence-corrected chi connectivity index (χ2v) is 8.78. The van der Waals surface area contributed by atoms with E-state index in [1.165, 1.54) is 39.9 Å². The molecule has 29 heavy (non-hydrogen) atoms. The van der Waals surface area contributed by atoms with E-state index in [2.05, 4.69) is 75.4 Å². The smallest absolute Gasteiger partial charge is 0.305 e. The highest BCUT2D eigenvalue weighted by Gasteiger charge is 2.21. The Hall–Kier alpha value is -2.35. The lowest BCUT2D eigenvalue weighted by Crippen LogP contribution is -2.18. The Kier molecular flexibility index (Phi) is 7.30. The third kappa shape index (κ3) is 5.82. The Labute approximate surface area is 175 Å². The molecule has 0 aliphatic carbocycles. The van der Waals surface area contributed by atoms with Gasteiger partial charge in [0.2, 0.25) is 0 Å². The van der Waals surface area contributed by atoms with E-state index in [9.17, 15) is 4.79 Å². The molecule has 0 radical (unpaired) electrons. The normalized spacial score (nSPS) is 11.8. The molecule has 0 aliphatic heterocycles. The van der Waals surface area contributed by atoms with Crippen molar-refractivity contribution in [3.05, 3.63) is 60.2 Å². The van der Waals surface area contributed by atoms with E-state index in [-0.39, 0.29) is 11.4 Å². The van der Waals surface area contributed by atoms with E-state index in [0.29, 0.717) is 13.0 Å². The summed E-state index contributed by atoms with van der Waals surface area (Å²) in [7, 11) is 0. The van der Waals surface area contributed by atoms with E-state index >= 15 is 0 Å². The molecule has 2 heteroatoms. The summed E-state index contributed by atoms with van der Waals surface area (Å²) in [4.78, 5) is 12.0. The Bertz CT molecular complexity index is 955. The molecule has 2 nitrogen and oxygen atoms in total. The average molecular weight is 391 g/mol. The third-order valence-corrected chi connectivity index (χ3v) is 5.93. The fourth-order valence-electron chi connectivity index (χ4n) is 3.97. The molecule has 0 saturated carbocycles. The second kappa shape index (κ2) is 9.91. The summed E-state index contributed by atoms with van der Waals surface area (Å²) in [5.74, 6) is -0.0534. The Morgan fingerprint density at radius 3 is 2.24 bits per heavy atom. The van der Waals surface area contributed by atoms with Crippen molar-refractivity contribution in [3.63, 3.8) is 0 Å². The zero-order chi connectivity index (χ0) is 20.7. The first-order valence-electron chi connectivity index (χ1n) is 11.1. The SMILES string of the molecule is CCCCCCOC(=O)CCCC(C)(C)c1ccc2cc3ccccc3cc2c1. The van der Waals surface area contributed by atoms with Gasteiger partial charge in [-0.15, -0.1) is 0 Å². The maximum atomic E-state index is 12.0. The van der Waals surface area contributed by atoms with Gasteiger partial charge in [0.25, 0.3) is 0 Å². The predicted molar refractivity (Wildman–Crippen MR) is 123 cm³/mol. The van der Waals surface area contributed by atoms with Crippen molar-refractivity contribution in [1.82, 2.24) is 0 Å². The van der Waals surface area contributed by atoms with E-state index < -0.39 is 0 Å². The molecule has 0 bridgehead atoms. The lowest BCUT2D eigenvalue weighted by atomic mass is 9.79. The van der Waals surface area contributed by atoms with Crippen LogP contribution in [0.15, 0.2) is 54.6 Å². The van der Waals surface area contributed by atoms with E-state index in [0.717, 1.165) is 25.7 Å². The summed E-state index contributed by atoms with van der Waals surface area (Å²) in [6, 6.07) is 19.8. The van der Waals surface area contributed by atoms with Crippen LogP contribution in [-0.2, 0) is 14.9 Å². The molecule has 3 aromatic rings. The Morgan fingerprint density at radius 2 is 1.52 bits per heavy atom. The zero-order valence-corrected chi connectivity index (χ0v) is 18.2. The summed E-state index contributed by atoms with van der Waals surface area (Å²) in [5, 5.41) is 5.10. The lowest BCUT2D eigenvalue weighted by Gasteiger charge is -2.25. The van der Waals surface area contributed by atoms with Crippen LogP contribution in [0.5, 0.6) is 0 Å². The highest BCUT2D eigenvalue weighted by molar-refractivity contribution is 5.98. The van der Waals surface area contributed by atoms with Gasteiger partial charge in [0.1, 0.15) is 0 Å². The van der Waals surface area contributed by atoms with Crippen molar-refractivity contribution < 1.29 is 9.53 Å². The summed E-state index contributed by atoms with van der Waals surface area (Å²) < 4.78 is 5.37. The van der Waals surface area contributed by atoms with Crippen molar-refractivity contribution in [3.8, 4) is 0 Å². The van der Waals surface area contributed by atoms with Gasteiger partial charge in [0, 0.05) is 6.42 Å². The highest BCUT2D eigenvalue weighted by atomic mass is 16.5. The zero-order valence-electron chi connectivity index (χ0n) is 18.2. The molecule has 0 saturated heterocycles. The van der Waals surface area contributed by atoms with Gasteiger partial charge in [-0.3, -0.25) is 4.79 Å². The number of unbranched alkanes of at least 4 members (excludes halogenated alkanes) is 3. The molecule has 3 aromatic carbocycles. The van der Waals surface area contributed by atoms with Crippen LogP contribution in [0.3, 0.4) is 0 Å². The van der Waals surface area contributed by atoms with Gasteiger partial charge in [-0.1, -0.05) is 82.5 Å². The molecular weight excluding hydrogens is 356 g/mol. The van der Waals surface area contributed by atoms with Crippen LogP contribution in [0.4, 0.5) is 0 Å². The summed E-state index contributed by atoms with van der Waals surface area (Å²) in [6.45, 7) is 7.29. The van der Waals surface area contributed by atoms with Crippen LogP contribution in [0.25, 0.3) is 21.5 Å². The van der Waals surface area contributed by atoms with E-state index in [4.69, 9.17) is 4.74 Å². The lowest BCUT2D eigenvalue weighted by molar-refractivity contribution is -0.143. The number of hydrogen-bond donors (Lipinski definition) is 0. The maximum Gasteiger partial charge on any atom is 0.305 e. The second-order valence-electron chi connectivity index (χ2n) is 8.78. The Balaban J connectivity index is 1.58. The van der Waals surface area contributed by atoms with Gasteiger partial charge >= 0.3 is 5.97 Å². The molecule has 154 valence electrons. The molecule has 0 unspecified atom stereocenters. The van der Waals surface area contributed by atoms with Gasteiger partial charge in [0.15, 0.2) is 0 Å². The van der Waals surface area contributed by atoms with Gasteiger partial charge in [0.05, 0.1) is 6.61 Å². The molecule has 0 aromatic heterocycles. The molecule has 0 aliphatic rings. The number of fused-ring (bicyclic) bond motifs is 2. The largest absolute Gasteiger partial charge is 0.466 e. The van der Waals surface area contributed by atoms with Crippen LogP contribution in [0, 0.1) is 0 Å². The fourth-order valence-corrected chi connectivity index (χ4v) is 3.97. The highest BCUT2D eigenvalue weighted by Crippen LogP contribution is 2.32. The van der Waals surface area contributed by atoms with Gasteiger partial charge < -0.3 is 4.74 Å². The quantitative estimate of drug-likeness (QED) is 0.203. The number of benzene rings is 3. The minimum Gasteiger partial charge on any atom is -0.466 e. The van der Waals surface area contributed by atoms with Crippen molar-refractivity contribution in [1.29, 1.82) is 0 Å². The topological polar surface area (TPSA) is 26.3 Å². The standard InChI is InChI=1S/C27H34O2/c1-4-5-6-9-17-29-26(28)13-10-16-27(2,3)25-15-14-23-18-21-11-7-8-12-22(21)19-24(23)20-25/h7-8,11-12,14-15,18-20H,4-6,9-10,13,16-17H2,1-3H3. The summed E-state index contributed by atoms with van der Waals surface area (Å²) in [5.41, 5.74) is 1.36. The van der Waals surface area contributed by atoms with Crippen LogP contribution in [0.1, 0.15) is 71.3 Å². The number of carbonyl (C=O) groups excluding carboxylic acids is 1. The van der Waals surface area contributed by atoms with Crippen LogP contribution < -0.4 is 0 Å². The minimum atomic E-state index is -0.0534. The molecule has 3 rings (SSSR count). The summed E-state index contributed by atoms with van der Waals surface area (Å²) >= 11 is 0. The van der Waals surface area contributed by atoms with Crippen molar-refractivity contribution >= 4 is 27.5 Å². The van der Waals surface area contributed by atoms with Gasteiger partial charge in [-0.05, 0) is 63.9 Å². The number of esters is 1. The van der Waals surface area contributed by atoms with E-state index in [1.54, 1.807) is 0 Å². The predicted octanol–water partition coefficient (Wildman–Crippen LogP) is 7.56. The molecule has 0 spiro atoms. The first kappa shape index (κ1) is 21.4. The first-order valence-corrected chi connectivity index (χ1v) is 11.1. The molecular formula is C27H34O2. The Morgan fingerprint density at radius 1 is 0.828 bits per heavy atom. The monoisotopic (exact) mass is 390 g/mol. The van der Waals surface area contributed by atoms with Gasteiger partial charge in [-0.25, -0.2) is 0 Å². The van der Waals surface area contributed by atoms with Crippen LogP contribution >= 0.6 is 0 Å². The van der Waals surface area contributed by atoms with E-state index in [1.807, 2.05) is 0 Å². The minimum absolute atomic E-state index is 0.0290. The molecule has 0 fully saturated rings. The van der Waals surface area contributed by atoms with Crippen molar-refractivity contribution in [2.75, 3.05) is 6.61 Å². The van der Waals surface area contributed by atoms with Crippen LogP contribution in [0.2, 0.25) is 0 Å². The first-order chi connectivity index (χ1) is 14.0. The van der Waals surface area contributed by atoms with Crippen molar-refractivity contribution in [2.45, 2.75) is 71.1 Å². The average Bonchev–Trinajstić information content (AvgIpc) is 2.71. The third-order valence-electron chi connectivity index (χ3n) is 5.93. The number of carbonyl (C=O) groups is 1. The summed E-state index contributed by atoms with van der Waals surface area (Å²) in [6.07, 6.45) is 6.88.